The zero-order valence-electron chi connectivity index (χ0n) is 11.2. The van der Waals surface area contributed by atoms with Crippen molar-refractivity contribution in [2.75, 3.05) is 31.1 Å². The van der Waals surface area contributed by atoms with Crippen LogP contribution in [0.1, 0.15) is 6.42 Å². The Labute approximate surface area is 117 Å². The topological polar surface area (TPSA) is 64.7 Å². The molecule has 3 rings (SSSR count). The molecular formula is C14H18N4O2. The van der Waals surface area contributed by atoms with Gasteiger partial charge in [0.25, 0.3) is 0 Å². The fourth-order valence-electron chi connectivity index (χ4n) is 2.65. The highest BCUT2D eigenvalue weighted by atomic mass is 16.2. The summed E-state index contributed by atoms with van der Waals surface area (Å²) in [4.78, 5) is 27.5. The predicted octanol–water partition coefficient (Wildman–Crippen LogP) is -0.272. The van der Waals surface area contributed by atoms with Gasteiger partial charge in [0.1, 0.15) is 6.04 Å². The van der Waals surface area contributed by atoms with Crippen LogP contribution < -0.4 is 15.8 Å². The Hall–Kier alpha value is -2.08. The average molecular weight is 274 g/mol. The number of hydrogen-bond acceptors (Lipinski definition) is 4. The van der Waals surface area contributed by atoms with Crippen molar-refractivity contribution in [1.29, 1.82) is 0 Å². The van der Waals surface area contributed by atoms with E-state index in [2.05, 4.69) is 27.9 Å². The molecule has 0 bridgehead atoms. The van der Waals surface area contributed by atoms with Crippen LogP contribution in [0.15, 0.2) is 30.3 Å². The summed E-state index contributed by atoms with van der Waals surface area (Å²) in [5.41, 5.74) is 6.41. The largest absolute Gasteiger partial charge is 0.368 e. The van der Waals surface area contributed by atoms with Crippen LogP contribution in [-0.4, -0.2) is 48.9 Å². The SMILES string of the molecule is O=C1CC(C(=O)N2CCN(c3ccccc3)CC2)NN1. The van der Waals surface area contributed by atoms with Gasteiger partial charge in [-0.05, 0) is 12.1 Å². The monoisotopic (exact) mass is 274 g/mol. The van der Waals surface area contributed by atoms with Crippen molar-refractivity contribution in [2.24, 2.45) is 0 Å². The number of nitrogens with zero attached hydrogens (tertiary/aromatic N) is 2. The Kier molecular flexibility index (Phi) is 3.56. The minimum atomic E-state index is -0.411. The first-order chi connectivity index (χ1) is 9.74. The van der Waals surface area contributed by atoms with E-state index in [4.69, 9.17) is 0 Å². The summed E-state index contributed by atoms with van der Waals surface area (Å²) < 4.78 is 0. The number of carbonyl (C=O) groups excluding carboxylic acids is 2. The van der Waals surface area contributed by atoms with Crippen LogP contribution in [0, 0.1) is 0 Å². The van der Waals surface area contributed by atoms with E-state index in [1.807, 2.05) is 23.1 Å². The molecule has 6 nitrogen and oxygen atoms in total. The summed E-state index contributed by atoms with van der Waals surface area (Å²) in [6.45, 7) is 3.04. The van der Waals surface area contributed by atoms with Gasteiger partial charge in [0.05, 0.1) is 6.42 Å². The highest BCUT2D eigenvalue weighted by Crippen LogP contribution is 2.16. The van der Waals surface area contributed by atoms with Gasteiger partial charge >= 0.3 is 0 Å². The van der Waals surface area contributed by atoms with E-state index >= 15 is 0 Å². The van der Waals surface area contributed by atoms with E-state index in [1.165, 1.54) is 5.69 Å². The summed E-state index contributed by atoms with van der Waals surface area (Å²) >= 11 is 0. The molecule has 2 amide bonds. The van der Waals surface area contributed by atoms with Crippen molar-refractivity contribution in [3.05, 3.63) is 30.3 Å². The first kappa shape index (κ1) is 12.9. The van der Waals surface area contributed by atoms with Gasteiger partial charge in [-0.3, -0.25) is 15.0 Å². The number of rotatable bonds is 2. The molecule has 2 fully saturated rings. The number of piperazine rings is 1. The van der Waals surface area contributed by atoms with Crippen LogP contribution in [-0.2, 0) is 9.59 Å². The molecule has 2 saturated heterocycles. The highest BCUT2D eigenvalue weighted by molar-refractivity contribution is 5.90. The quantitative estimate of drug-likeness (QED) is 0.779. The van der Waals surface area contributed by atoms with Crippen LogP contribution in [0.3, 0.4) is 0 Å². The lowest BCUT2D eigenvalue weighted by Gasteiger charge is -2.37. The van der Waals surface area contributed by atoms with Crippen molar-refractivity contribution in [3.8, 4) is 0 Å². The molecule has 2 N–H and O–H groups in total. The molecule has 2 aliphatic heterocycles. The maximum atomic E-state index is 12.2. The molecule has 0 saturated carbocycles. The molecule has 6 heteroatoms. The maximum absolute atomic E-state index is 12.2. The molecule has 1 aromatic carbocycles. The predicted molar refractivity (Wildman–Crippen MR) is 74.9 cm³/mol. The molecule has 0 aliphatic carbocycles. The van der Waals surface area contributed by atoms with Gasteiger partial charge < -0.3 is 9.80 Å². The Balaban J connectivity index is 1.56. The third-order valence-corrected chi connectivity index (χ3v) is 3.79. The maximum Gasteiger partial charge on any atom is 0.242 e. The zero-order chi connectivity index (χ0) is 13.9. The van der Waals surface area contributed by atoms with Gasteiger partial charge in [-0.15, -0.1) is 0 Å². The molecule has 2 aliphatic rings. The molecule has 0 spiro atoms. The molecule has 1 aromatic rings. The second kappa shape index (κ2) is 5.50. The highest BCUT2D eigenvalue weighted by Gasteiger charge is 2.32. The van der Waals surface area contributed by atoms with E-state index in [1.54, 1.807) is 0 Å². The summed E-state index contributed by atoms with van der Waals surface area (Å²) in [6, 6.07) is 9.79. The number of benzene rings is 1. The number of carbonyl (C=O) groups is 2. The second-order valence-electron chi connectivity index (χ2n) is 5.10. The van der Waals surface area contributed by atoms with Gasteiger partial charge in [0.2, 0.25) is 11.8 Å². The Bertz CT molecular complexity index is 497. The third-order valence-electron chi connectivity index (χ3n) is 3.79. The Morgan fingerprint density at radius 3 is 2.40 bits per heavy atom. The minimum Gasteiger partial charge on any atom is -0.368 e. The number of hydrogen-bond donors (Lipinski definition) is 2. The molecule has 0 radical (unpaired) electrons. The van der Waals surface area contributed by atoms with Crippen molar-refractivity contribution in [2.45, 2.75) is 12.5 Å². The lowest BCUT2D eigenvalue weighted by atomic mass is 10.1. The smallest absolute Gasteiger partial charge is 0.242 e. The summed E-state index contributed by atoms with van der Waals surface area (Å²) in [6.07, 6.45) is 0.234. The van der Waals surface area contributed by atoms with E-state index in [9.17, 15) is 9.59 Å². The van der Waals surface area contributed by atoms with Gasteiger partial charge in [0, 0.05) is 31.9 Å². The minimum absolute atomic E-state index is 0.0102. The number of hydrazine groups is 1. The first-order valence-corrected chi connectivity index (χ1v) is 6.87. The first-order valence-electron chi connectivity index (χ1n) is 6.87. The zero-order valence-corrected chi connectivity index (χ0v) is 11.2. The number of anilines is 1. The molecule has 106 valence electrons. The Morgan fingerprint density at radius 2 is 1.80 bits per heavy atom. The lowest BCUT2D eigenvalue weighted by Crippen LogP contribution is -2.53. The fraction of sp³-hybridized carbons (Fsp3) is 0.429. The molecule has 0 aromatic heterocycles. The van der Waals surface area contributed by atoms with Gasteiger partial charge in [0.15, 0.2) is 0 Å². The van der Waals surface area contributed by atoms with Crippen LogP contribution >= 0.6 is 0 Å². The molecule has 1 atom stereocenters. The van der Waals surface area contributed by atoms with E-state index < -0.39 is 6.04 Å². The van der Waals surface area contributed by atoms with Gasteiger partial charge in [-0.2, -0.15) is 0 Å². The van der Waals surface area contributed by atoms with E-state index in [-0.39, 0.29) is 18.2 Å². The average Bonchev–Trinajstić information content (AvgIpc) is 2.94. The van der Waals surface area contributed by atoms with Crippen molar-refractivity contribution < 1.29 is 9.59 Å². The van der Waals surface area contributed by atoms with Crippen LogP contribution in [0.4, 0.5) is 5.69 Å². The fourth-order valence-corrected chi connectivity index (χ4v) is 2.65. The number of nitrogens with one attached hydrogen (secondary N) is 2. The molecule has 2 heterocycles. The summed E-state index contributed by atoms with van der Waals surface area (Å²) in [5, 5.41) is 0. The van der Waals surface area contributed by atoms with E-state index in [0.29, 0.717) is 13.1 Å². The van der Waals surface area contributed by atoms with Crippen LogP contribution in [0.2, 0.25) is 0 Å². The molecule has 1 unspecified atom stereocenters. The summed E-state index contributed by atoms with van der Waals surface area (Å²) in [7, 11) is 0. The van der Waals surface area contributed by atoms with Crippen LogP contribution in [0.25, 0.3) is 0 Å². The molecule has 20 heavy (non-hydrogen) atoms. The van der Waals surface area contributed by atoms with Crippen molar-refractivity contribution in [3.63, 3.8) is 0 Å². The Morgan fingerprint density at radius 1 is 1.10 bits per heavy atom. The summed E-state index contributed by atoms with van der Waals surface area (Å²) in [5.74, 6) is -0.109. The second-order valence-corrected chi connectivity index (χ2v) is 5.10. The standard InChI is InChI=1S/C14H18N4O2/c19-13-10-12(15-16-13)14(20)18-8-6-17(7-9-18)11-4-2-1-3-5-11/h1-5,12,15H,6-10H2,(H,16,19). The van der Waals surface area contributed by atoms with Gasteiger partial charge in [-0.25, -0.2) is 5.43 Å². The van der Waals surface area contributed by atoms with Crippen LogP contribution in [0.5, 0.6) is 0 Å². The lowest BCUT2D eigenvalue weighted by molar-refractivity contribution is -0.134. The number of amides is 2. The van der Waals surface area contributed by atoms with Crippen molar-refractivity contribution >= 4 is 17.5 Å². The third kappa shape index (κ3) is 2.60. The number of para-hydroxylation sites is 1. The van der Waals surface area contributed by atoms with Gasteiger partial charge in [-0.1, -0.05) is 18.2 Å². The normalized spacial score (nSPS) is 22.8. The molecular weight excluding hydrogens is 256 g/mol. The van der Waals surface area contributed by atoms with E-state index in [0.717, 1.165) is 13.1 Å². The van der Waals surface area contributed by atoms with Crippen molar-refractivity contribution in [1.82, 2.24) is 15.8 Å².